The van der Waals surface area contributed by atoms with Crippen LogP contribution in [0.15, 0.2) is 43.0 Å². The van der Waals surface area contributed by atoms with Crippen molar-refractivity contribution in [2.24, 2.45) is 5.92 Å². The summed E-state index contributed by atoms with van der Waals surface area (Å²) in [6.07, 6.45) is 0.860. The molecule has 22 heavy (non-hydrogen) atoms. The maximum Gasteiger partial charge on any atom is 0.417 e. The van der Waals surface area contributed by atoms with E-state index < -0.39 is 24.2 Å². The Morgan fingerprint density at radius 1 is 1.50 bits per heavy atom. The highest BCUT2D eigenvalue weighted by molar-refractivity contribution is 5.95. The first kappa shape index (κ1) is 15.8. The lowest BCUT2D eigenvalue weighted by molar-refractivity contribution is -0.133. The van der Waals surface area contributed by atoms with Gasteiger partial charge in [0.2, 0.25) is 5.91 Å². The second-order valence-corrected chi connectivity index (χ2v) is 5.25. The Bertz CT molecular complexity index is 606. The van der Waals surface area contributed by atoms with E-state index >= 15 is 0 Å². The largest absolute Gasteiger partial charge is 0.439 e. The molecule has 1 aromatic rings. The summed E-state index contributed by atoms with van der Waals surface area (Å²) < 4.78 is 5.36. The summed E-state index contributed by atoms with van der Waals surface area (Å²) in [5.41, 5.74) is 0.846. The maximum absolute atomic E-state index is 12.5. The standard InChI is InChI=1S/C17H18N2O3/c1-3-7-14(10-11-18)16(20)19-12(2)15(22-17(19)21)13-8-5-4-6-9-13/h3-6,8-9,12,14-15H,1,7,10H2,2H3/t12-,14-,15-/m0/s1. The van der Waals surface area contributed by atoms with Crippen molar-refractivity contribution in [3.05, 3.63) is 48.6 Å². The number of carbonyl (C=O) groups excluding carboxylic acids is 2. The number of imide groups is 1. The Balaban J connectivity index is 2.21. The summed E-state index contributed by atoms with van der Waals surface area (Å²) >= 11 is 0. The molecule has 0 aliphatic carbocycles. The van der Waals surface area contributed by atoms with Crippen molar-refractivity contribution < 1.29 is 14.3 Å². The molecule has 0 bridgehead atoms. The predicted molar refractivity (Wildman–Crippen MR) is 80.5 cm³/mol. The summed E-state index contributed by atoms with van der Waals surface area (Å²) in [6.45, 7) is 5.37. The van der Waals surface area contributed by atoms with E-state index in [1.54, 1.807) is 13.0 Å². The third kappa shape index (κ3) is 3.01. The lowest BCUT2D eigenvalue weighted by Gasteiger charge is -2.22. The molecule has 114 valence electrons. The van der Waals surface area contributed by atoms with Crippen molar-refractivity contribution >= 4 is 12.0 Å². The van der Waals surface area contributed by atoms with Gasteiger partial charge in [-0.3, -0.25) is 4.79 Å². The molecule has 0 spiro atoms. The number of hydrogen-bond donors (Lipinski definition) is 0. The first-order valence-electron chi connectivity index (χ1n) is 7.16. The quantitative estimate of drug-likeness (QED) is 0.783. The van der Waals surface area contributed by atoms with E-state index in [1.165, 1.54) is 0 Å². The van der Waals surface area contributed by atoms with Crippen LogP contribution >= 0.6 is 0 Å². The average Bonchev–Trinajstić information content (AvgIpc) is 2.82. The summed E-state index contributed by atoms with van der Waals surface area (Å²) in [7, 11) is 0. The van der Waals surface area contributed by atoms with E-state index in [9.17, 15) is 9.59 Å². The Morgan fingerprint density at radius 2 is 2.18 bits per heavy atom. The number of ether oxygens (including phenoxy) is 1. The van der Waals surface area contributed by atoms with Gasteiger partial charge in [0.25, 0.3) is 0 Å². The van der Waals surface area contributed by atoms with Crippen LogP contribution in [0.4, 0.5) is 4.79 Å². The first-order chi connectivity index (χ1) is 10.6. The molecule has 5 heteroatoms. The Hall–Kier alpha value is -2.61. The van der Waals surface area contributed by atoms with E-state index in [2.05, 4.69) is 6.58 Å². The minimum Gasteiger partial charge on any atom is -0.439 e. The topological polar surface area (TPSA) is 70.4 Å². The van der Waals surface area contributed by atoms with Crippen molar-refractivity contribution in [3.8, 4) is 6.07 Å². The molecule has 0 saturated carbocycles. The van der Waals surface area contributed by atoms with Crippen LogP contribution in [0.25, 0.3) is 0 Å². The van der Waals surface area contributed by atoms with Gasteiger partial charge in [-0.15, -0.1) is 6.58 Å². The van der Waals surface area contributed by atoms with E-state index in [1.807, 2.05) is 36.4 Å². The zero-order valence-corrected chi connectivity index (χ0v) is 12.4. The van der Waals surface area contributed by atoms with E-state index in [-0.39, 0.29) is 12.3 Å². The van der Waals surface area contributed by atoms with Crippen molar-refractivity contribution in [1.29, 1.82) is 5.26 Å². The minimum absolute atomic E-state index is 0.0529. The second-order valence-electron chi connectivity index (χ2n) is 5.25. The second kappa shape index (κ2) is 6.90. The molecular formula is C17H18N2O3. The van der Waals surface area contributed by atoms with Gasteiger partial charge in [0.1, 0.15) is 6.10 Å². The van der Waals surface area contributed by atoms with Crippen LogP contribution in [-0.2, 0) is 9.53 Å². The fraction of sp³-hybridized carbons (Fsp3) is 0.353. The average molecular weight is 298 g/mol. The third-order valence-corrected chi connectivity index (χ3v) is 3.77. The lowest BCUT2D eigenvalue weighted by atomic mass is 9.98. The lowest BCUT2D eigenvalue weighted by Crippen LogP contribution is -2.41. The fourth-order valence-electron chi connectivity index (χ4n) is 2.63. The van der Waals surface area contributed by atoms with Gasteiger partial charge in [-0.05, 0) is 18.9 Å². The third-order valence-electron chi connectivity index (χ3n) is 3.77. The number of amides is 2. The van der Waals surface area contributed by atoms with Crippen LogP contribution < -0.4 is 0 Å². The molecule has 1 aromatic carbocycles. The van der Waals surface area contributed by atoms with Crippen molar-refractivity contribution in [2.45, 2.75) is 31.9 Å². The molecular weight excluding hydrogens is 280 g/mol. The van der Waals surface area contributed by atoms with Crippen LogP contribution in [0.5, 0.6) is 0 Å². The highest BCUT2D eigenvalue weighted by Gasteiger charge is 2.44. The molecule has 0 radical (unpaired) electrons. The number of rotatable bonds is 5. The van der Waals surface area contributed by atoms with Gasteiger partial charge >= 0.3 is 6.09 Å². The Morgan fingerprint density at radius 3 is 2.77 bits per heavy atom. The Labute approximate surface area is 129 Å². The SMILES string of the molecule is C=CC[C@@H](CC#N)C(=O)N1C(=O)O[C@H](c2ccccc2)[C@@H]1C. The van der Waals surface area contributed by atoms with E-state index in [4.69, 9.17) is 10.00 Å². The summed E-state index contributed by atoms with van der Waals surface area (Å²) in [4.78, 5) is 25.8. The molecule has 0 unspecified atom stereocenters. The normalized spacial score (nSPS) is 21.8. The van der Waals surface area contributed by atoms with Crippen molar-refractivity contribution in [1.82, 2.24) is 4.90 Å². The number of nitriles is 1. The smallest absolute Gasteiger partial charge is 0.417 e. The van der Waals surface area contributed by atoms with Gasteiger partial charge in [-0.25, -0.2) is 9.69 Å². The van der Waals surface area contributed by atoms with Gasteiger partial charge in [0, 0.05) is 6.42 Å². The van der Waals surface area contributed by atoms with Crippen LogP contribution in [0.3, 0.4) is 0 Å². The van der Waals surface area contributed by atoms with E-state index in [0.717, 1.165) is 10.5 Å². The van der Waals surface area contributed by atoms with Gasteiger partial charge in [-0.1, -0.05) is 36.4 Å². The maximum atomic E-state index is 12.5. The molecule has 1 aliphatic rings. The molecule has 2 amide bonds. The number of nitrogens with zero attached hydrogens (tertiary/aromatic N) is 2. The highest BCUT2D eigenvalue weighted by atomic mass is 16.6. The molecule has 1 saturated heterocycles. The van der Waals surface area contributed by atoms with E-state index in [0.29, 0.717) is 6.42 Å². The number of hydrogen-bond acceptors (Lipinski definition) is 4. The van der Waals surface area contributed by atoms with Crippen LogP contribution in [0, 0.1) is 17.2 Å². The summed E-state index contributed by atoms with van der Waals surface area (Å²) in [6, 6.07) is 10.9. The van der Waals surface area contributed by atoms with Gasteiger partial charge in [-0.2, -0.15) is 5.26 Å². The molecule has 0 N–H and O–H groups in total. The highest BCUT2D eigenvalue weighted by Crippen LogP contribution is 2.33. The predicted octanol–water partition coefficient (Wildman–Crippen LogP) is 3.20. The number of allylic oxidation sites excluding steroid dienone is 1. The van der Waals surface area contributed by atoms with Crippen LogP contribution in [0.1, 0.15) is 31.4 Å². The number of carbonyl (C=O) groups is 2. The molecule has 5 nitrogen and oxygen atoms in total. The molecule has 1 aliphatic heterocycles. The summed E-state index contributed by atoms with van der Waals surface area (Å²) in [5.74, 6) is -0.940. The van der Waals surface area contributed by atoms with Crippen LogP contribution in [0.2, 0.25) is 0 Å². The molecule has 3 atom stereocenters. The van der Waals surface area contributed by atoms with Crippen LogP contribution in [-0.4, -0.2) is 22.9 Å². The number of cyclic esters (lactones) is 1. The van der Waals surface area contributed by atoms with Gasteiger partial charge in [0.15, 0.2) is 0 Å². The molecule has 0 aromatic heterocycles. The van der Waals surface area contributed by atoms with Gasteiger partial charge < -0.3 is 4.74 Å². The molecule has 1 heterocycles. The van der Waals surface area contributed by atoms with Crippen molar-refractivity contribution in [2.75, 3.05) is 0 Å². The zero-order valence-electron chi connectivity index (χ0n) is 12.4. The Kier molecular flexibility index (Phi) is 4.95. The number of benzene rings is 1. The molecule has 2 rings (SSSR count). The van der Waals surface area contributed by atoms with Gasteiger partial charge in [0.05, 0.1) is 18.0 Å². The molecule has 1 fully saturated rings. The first-order valence-corrected chi connectivity index (χ1v) is 7.16. The summed E-state index contributed by atoms with van der Waals surface area (Å²) in [5, 5.41) is 8.85. The zero-order chi connectivity index (χ0) is 16.1. The van der Waals surface area contributed by atoms with Crippen molar-refractivity contribution in [3.63, 3.8) is 0 Å². The fourth-order valence-corrected chi connectivity index (χ4v) is 2.63. The minimum atomic E-state index is -0.654. The monoisotopic (exact) mass is 298 g/mol.